The van der Waals surface area contributed by atoms with Crippen molar-refractivity contribution in [3.8, 4) is 0 Å². The summed E-state index contributed by atoms with van der Waals surface area (Å²) in [6, 6.07) is 5.49. The Kier molecular flexibility index (Phi) is 2.03. The van der Waals surface area contributed by atoms with E-state index in [1.54, 1.807) is 19.2 Å². The van der Waals surface area contributed by atoms with Crippen molar-refractivity contribution in [2.24, 2.45) is 14.1 Å². The number of aromatic nitrogens is 2. The summed E-state index contributed by atoms with van der Waals surface area (Å²) in [6.07, 6.45) is 0. The van der Waals surface area contributed by atoms with Crippen molar-refractivity contribution >= 4 is 24.2 Å². The largest absolute Gasteiger partial charge is 0.330 e. The minimum absolute atomic E-state index is 0.239. The van der Waals surface area contributed by atoms with Crippen LogP contribution in [-0.2, 0) is 14.1 Å². The SMILES string of the molecule is Bc1ccc2c(c1)c(=O)n(C)c(=O)n2C. The third-order valence-electron chi connectivity index (χ3n) is 2.62. The van der Waals surface area contributed by atoms with Crippen LogP contribution < -0.4 is 16.7 Å². The highest BCUT2D eigenvalue weighted by molar-refractivity contribution is 6.33. The topological polar surface area (TPSA) is 44.0 Å². The second-order valence-corrected chi connectivity index (χ2v) is 3.73. The van der Waals surface area contributed by atoms with Gasteiger partial charge in [0, 0.05) is 14.1 Å². The second kappa shape index (κ2) is 3.12. The van der Waals surface area contributed by atoms with E-state index in [2.05, 4.69) is 0 Å². The van der Waals surface area contributed by atoms with E-state index in [4.69, 9.17) is 0 Å². The van der Waals surface area contributed by atoms with Gasteiger partial charge in [-0.15, -0.1) is 0 Å². The van der Waals surface area contributed by atoms with Gasteiger partial charge in [0.25, 0.3) is 5.56 Å². The summed E-state index contributed by atoms with van der Waals surface area (Å²) in [7, 11) is 5.08. The van der Waals surface area contributed by atoms with Crippen LogP contribution in [0, 0.1) is 0 Å². The molecule has 2 rings (SSSR count). The number of nitrogens with zero attached hydrogens (tertiary/aromatic N) is 2. The van der Waals surface area contributed by atoms with Crippen LogP contribution in [0.4, 0.5) is 0 Å². The minimum atomic E-state index is -0.295. The third-order valence-corrected chi connectivity index (χ3v) is 2.62. The Labute approximate surface area is 87.2 Å². The Bertz CT molecular complexity index is 655. The molecule has 1 aromatic carbocycles. The molecule has 0 aliphatic heterocycles. The molecule has 15 heavy (non-hydrogen) atoms. The minimum Gasteiger partial charge on any atom is -0.296 e. The summed E-state index contributed by atoms with van der Waals surface area (Å²) in [5.41, 5.74) is 1.15. The van der Waals surface area contributed by atoms with Crippen molar-refractivity contribution in [3.05, 3.63) is 39.0 Å². The lowest BCUT2D eigenvalue weighted by Gasteiger charge is -2.07. The van der Waals surface area contributed by atoms with Gasteiger partial charge in [0.15, 0.2) is 0 Å². The number of fused-ring (bicyclic) bond motifs is 1. The first-order valence-electron chi connectivity index (χ1n) is 4.69. The second-order valence-electron chi connectivity index (χ2n) is 3.73. The summed E-state index contributed by atoms with van der Waals surface area (Å²) in [5, 5.41) is 0.583. The van der Waals surface area contributed by atoms with Gasteiger partial charge >= 0.3 is 5.69 Å². The zero-order valence-corrected chi connectivity index (χ0v) is 8.94. The monoisotopic (exact) mass is 202 g/mol. The first-order chi connectivity index (χ1) is 7.02. The van der Waals surface area contributed by atoms with Crippen molar-refractivity contribution in [2.75, 3.05) is 0 Å². The van der Waals surface area contributed by atoms with E-state index in [1.807, 2.05) is 13.9 Å². The van der Waals surface area contributed by atoms with E-state index in [0.717, 1.165) is 10.0 Å². The summed E-state index contributed by atoms with van der Waals surface area (Å²) in [4.78, 5) is 23.4. The van der Waals surface area contributed by atoms with Gasteiger partial charge in [-0.1, -0.05) is 17.6 Å². The molecular formula is C10H11BN2O2. The average molecular weight is 202 g/mol. The summed E-state index contributed by atoms with van der Waals surface area (Å²) < 4.78 is 2.61. The molecule has 76 valence electrons. The lowest BCUT2D eigenvalue weighted by Crippen LogP contribution is -2.37. The first kappa shape index (κ1) is 9.77. The quantitative estimate of drug-likeness (QED) is 0.488. The Hall–Kier alpha value is -1.78. The van der Waals surface area contributed by atoms with E-state index in [1.165, 1.54) is 11.6 Å². The van der Waals surface area contributed by atoms with Gasteiger partial charge in [-0.25, -0.2) is 4.79 Å². The first-order valence-corrected chi connectivity index (χ1v) is 4.69. The molecule has 0 saturated heterocycles. The molecule has 0 unspecified atom stereocenters. The fourth-order valence-corrected chi connectivity index (χ4v) is 1.71. The van der Waals surface area contributed by atoms with Crippen LogP contribution in [0.15, 0.2) is 27.8 Å². The van der Waals surface area contributed by atoms with E-state index in [9.17, 15) is 9.59 Å². The van der Waals surface area contributed by atoms with E-state index in [0.29, 0.717) is 10.9 Å². The molecular weight excluding hydrogens is 191 g/mol. The van der Waals surface area contributed by atoms with Crippen LogP contribution >= 0.6 is 0 Å². The van der Waals surface area contributed by atoms with Crippen LogP contribution in [0.1, 0.15) is 0 Å². The van der Waals surface area contributed by atoms with E-state index in [-0.39, 0.29) is 11.2 Å². The normalized spacial score (nSPS) is 10.8. The molecule has 2 aromatic rings. The zero-order valence-electron chi connectivity index (χ0n) is 8.94. The summed E-state index contributed by atoms with van der Waals surface area (Å²) >= 11 is 0. The lowest BCUT2D eigenvalue weighted by atomic mass is 9.95. The lowest BCUT2D eigenvalue weighted by molar-refractivity contribution is 0.714. The van der Waals surface area contributed by atoms with Crippen LogP contribution in [0.2, 0.25) is 0 Å². The van der Waals surface area contributed by atoms with E-state index >= 15 is 0 Å². The Morgan fingerprint density at radius 1 is 1.13 bits per heavy atom. The Morgan fingerprint density at radius 2 is 1.80 bits per heavy atom. The maximum atomic E-state index is 11.8. The molecule has 0 bridgehead atoms. The maximum Gasteiger partial charge on any atom is 0.330 e. The van der Waals surface area contributed by atoms with Gasteiger partial charge in [0.05, 0.1) is 10.9 Å². The van der Waals surface area contributed by atoms with Crippen molar-refractivity contribution in [1.29, 1.82) is 0 Å². The maximum absolute atomic E-state index is 11.8. The average Bonchev–Trinajstić information content (AvgIpc) is 2.23. The number of aryl methyl sites for hydroxylation is 1. The van der Waals surface area contributed by atoms with Crippen molar-refractivity contribution in [3.63, 3.8) is 0 Å². The molecule has 0 aliphatic carbocycles. The Morgan fingerprint density at radius 3 is 2.47 bits per heavy atom. The highest BCUT2D eigenvalue weighted by Gasteiger charge is 2.07. The molecule has 0 radical (unpaired) electrons. The number of rotatable bonds is 0. The molecule has 0 fully saturated rings. The van der Waals surface area contributed by atoms with Crippen molar-refractivity contribution in [1.82, 2.24) is 9.13 Å². The van der Waals surface area contributed by atoms with Gasteiger partial charge < -0.3 is 0 Å². The fourth-order valence-electron chi connectivity index (χ4n) is 1.71. The van der Waals surface area contributed by atoms with Crippen LogP contribution in [0.3, 0.4) is 0 Å². The molecule has 0 saturated carbocycles. The van der Waals surface area contributed by atoms with Gasteiger partial charge in [0.2, 0.25) is 0 Å². The van der Waals surface area contributed by atoms with Crippen molar-refractivity contribution in [2.45, 2.75) is 0 Å². The number of hydrogen-bond acceptors (Lipinski definition) is 2. The van der Waals surface area contributed by atoms with Gasteiger partial charge in [-0.05, 0) is 6.07 Å². The van der Waals surface area contributed by atoms with E-state index < -0.39 is 0 Å². The zero-order chi connectivity index (χ0) is 11.2. The predicted molar refractivity (Wildman–Crippen MR) is 62.6 cm³/mol. The Balaban J connectivity index is 3.15. The standard InChI is InChI=1S/C10H11BN2O2/c1-12-8-4-3-6(11)5-7(8)9(14)13(2)10(12)15/h3-5H,11H2,1-2H3. The van der Waals surface area contributed by atoms with Gasteiger partial charge in [-0.3, -0.25) is 13.9 Å². The number of hydrogen-bond donors (Lipinski definition) is 0. The smallest absolute Gasteiger partial charge is 0.296 e. The highest BCUT2D eigenvalue weighted by atomic mass is 16.2. The molecule has 5 heteroatoms. The molecule has 1 aromatic heterocycles. The number of benzene rings is 1. The van der Waals surface area contributed by atoms with Crippen LogP contribution in [-0.4, -0.2) is 17.0 Å². The summed E-state index contributed by atoms with van der Waals surface area (Å²) in [6.45, 7) is 0. The molecule has 0 amide bonds. The molecule has 0 atom stereocenters. The molecule has 4 nitrogen and oxygen atoms in total. The van der Waals surface area contributed by atoms with Gasteiger partial charge in [0.1, 0.15) is 7.85 Å². The summed E-state index contributed by atoms with van der Waals surface area (Å²) in [5.74, 6) is 0. The van der Waals surface area contributed by atoms with Gasteiger partial charge in [-0.2, -0.15) is 0 Å². The molecule has 0 N–H and O–H groups in total. The molecule has 0 spiro atoms. The molecule has 0 aliphatic rings. The van der Waals surface area contributed by atoms with Crippen LogP contribution in [0.25, 0.3) is 10.9 Å². The highest BCUT2D eigenvalue weighted by Crippen LogP contribution is 2.03. The predicted octanol–water partition coefficient (Wildman–Crippen LogP) is -1.50. The van der Waals surface area contributed by atoms with Crippen LogP contribution in [0.5, 0.6) is 0 Å². The third kappa shape index (κ3) is 1.31. The van der Waals surface area contributed by atoms with Crippen molar-refractivity contribution < 1.29 is 0 Å². The fraction of sp³-hybridized carbons (Fsp3) is 0.200. The molecule has 1 heterocycles.